The van der Waals surface area contributed by atoms with Crippen LogP contribution in [0.2, 0.25) is 0 Å². The van der Waals surface area contributed by atoms with Gasteiger partial charge >= 0.3 is 0 Å². The molecule has 0 aliphatic rings. The Morgan fingerprint density at radius 3 is 2.80 bits per heavy atom. The molecule has 0 unspecified atom stereocenters. The fraction of sp³-hybridized carbons (Fsp3) is 0.364. The Morgan fingerprint density at radius 1 is 1.40 bits per heavy atom. The number of hydrogen-bond acceptors (Lipinski definition) is 3. The van der Waals surface area contributed by atoms with Crippen LogP contribution in [0.4, 0.5) is 0 Å². The molecular formula is C11H16N2O2. The second kappa shape index (κ2) is 6.16. The molecule has 0 spiro atoms. The maximum Gasteiger partial charge on any atom is 0.233 e. The van der Waals surface area contributed by atoms with Crippen LogP contribution in [0.25, 0.3) is 0 Å². The highest BCUT2D eigenvalue weighted by Gasteiger charge is 1.98. The molecule has 0 aliphatic heterocycles. The summed E-state index contributed by atoms with van der Waals surface area (Å²) < 4.78 is 0. The molecular weight excluding hydrogens is 192 g/mol. The lowest BCUT2D eigenvalue weighted by atomic mass is 10.1. The van der Waals surface area contributed by atoms with E-state index in [1.807, 2.05) is 24.3 Å². The molecule has 0 aromatic heterocycles. The van der Waals surface area contributed by atoms with Crippen molar-refractivity contribution in [2.24, 2.45) is 0 Å². The van der Waals surface area contributed by atoms with Gasteiger partial charge in [0.15, 0.2) is 0 Å². The van der Waals surface area contributed by atoms with Crippen LogP contribution in [0.15, 0.2) is 24.3 Å². The second-order valence-corrected chi connectivity index (χ2v) is 3.25. The molecule has 0 saturated carbocycles. The van der Waals surface area contributed by atoms with Crippen molar-refractivity contribution in [3.8, 4) is 0 Å². The summed E-state index contributed by atoms with van der Waals surface area (Å²) in [5.41, 5.74) is 1.94. The van der Waals surface area contributed by atoms with Crippen molar-refractivity contribution in [1.29, 1.82) is 0 Å². The van der Waals surface area contributed by atoms with Gasteiger partial charge in [-0.15, -0.1) is 0 Å². The first-order chi connectivity index (χ1) is 7.26. The fourth-order valence-electron chi connectivity index (χ4n) is 1.25. The van der Waals surface area contributed by atoms with Gasteiger partial charge in [0, 0.05) is 13.6 Å². The number of aliphatic hydroxyl groups excluding tert-OH is 1. The topological polar surface area (TPSA) is 61.4 Å². The van der Waals surface area contributed by atoms with E-state index in [0.717, 1.165) is 11.1 Å². The zero-order chi connectivity index (χ0) is 11.1. The lowest BCUT2D eigenvalue weighted by Crippen LogP contribution is -2.30. The fourth-order valence-corrected chi connectivity index (χ4v) is 1.25. The Balaban J connectivity index is 2.40. The Morgan fingerprint density at radius 2 is 2.13 bits per heavy atom. The van der Waals surface area contributed by atoms with Crippen molar-refractivity contribution >= 4 is 5.91 Å². The zero-order valence-corrected chi connectivity index (χ0v) is 8.79. The number of hydrogen-bond donors (Lipinski definition) is 3. The summed E-state index contributed by atoms with van der Waals surface area (Å²) in [6.45, 7) is 0.977. The van der Waals surface area contributed by atoms with Crippen LogP contribution >= 0.6 is 0 Å². The molecule has 0 atom stereocenters. The van der Waals surface area contributed by atoms with Crippen molar-refractivity contribution in [1.82, 2.24) is 10.6 Å². The molecule has 0 radical (unpaired) electrons. The molecule has 4 nitrogen and oxygen atoms in total. The van der Waals surface area contributed by atoms with Gasteiger partial charge in [0.25, 0.3) is 0 Å². The number of nitrogens with one attached hydrogen (secondary N) is 2. The molecule has 0 aliphatic carbocycles. The van der Waals surface area contributed by atoms with Crippen LogP contribution < -0.4 is 10.6 Å². The Kier molecular flexibility index (Phi) is 4.80. The number of benzene rings is 1. The minimum absolute atomic E-state index is 0.0340. The van der Waals surface area contributed by atoms with Gasteiger partial charge in [-0.25, -0.2) is 0 Å². The summed E-state index contributed by atoms with van der Waals surface area (Å²) in [6, 6.07) is 7.62. The molecule has 0 saturated heterocycles. The van der Waals surface area contributed by atoms with Crippen LogP contribution in [-0.2, 0) is 17.9 Å². The van der Waals surface area contributed by atoms with Crippen LogP contribution in [0.3, 0.4) is 0 Å². The minimum Gasteiger partial charge on any atom is -0.392 e. The third-order valence-corrected chi connectivity index (χ3v) is 2.07. The quantitative estimate of drug-likeness (QED) is 0.639. The summed E-state index contributed by atoms with van der Waals surface area (Å²) in [5.74, 6) is -0.0340. The van der Waals surface area contributed by atoms with Crippen LogP contribution in [0.5, 0.6) is 0 Å². The number of amides is 1. The van der Waals surface area contributed by atoms with E-state index in [9.17, 15) is 4.79 Å². The van der Waals surface area contributed by atoms with Gasteiger partial charge in [-0.05, 0) is 11.1 Å². The maximum atomic E-state index is 10.9. The largest absolute Gasteiger partial charge is 0.392 e. The number of carbonyl (C=O) groups excluding carboxylic acids is 1. The molecule has 3 N–H and O–H groups in total. The van der Waals surface area contributed by atoms with E-state index in [0.29, 0.717) is 13.1 Å². The van der Waals surface area contributed by atoms with Crippen molar-refractivity contribution in [2.45, 2.75) is 13.2 Å². The molecule has 4 heteroatoms. The Labute approximate surface area is 89.3 Å². The highest BCUT2D eigenvalue weighted by atomic mass is 16.3. The van der Waals surface area contributed by atoms with E-state index in [1.54, 1.807) is 7.05 Å². The number of rotatable bonds is 5. The highest BCUT2D eigenvalue weighted by Crippen LogP contribution is 2.04. The van der Waals surface area contributed by atoms with Gasteiger partial charge < -0.3 is 15.7 Å². The van der Waals surface area contributed by atoms with Gasteiger partial charge in [0.1, 0.15) is 0 Å². The summed E-state index contributed by atoms with van der Waals surface area (Å²) in [4.78, 5) is 10.9. The standard InChI is InChI=1S/C11H16N2O2/c1-12-11(15)7-13-6-9-3-2-4-10(5-9)8-14/h2-5,13-14H,6-8H2,1H3,(H,12,15). The predicted molar refractivity (Wildman–Crippen MR) is 58.1 cm³/mol. The average molecular weight is 208 g/mol. The zero-order valence-electron chi connectivity index (χ0n) is 8.79. The molecule has 1 amide bonds. The molecule has 0 bridgehead atoms. The maximum absolute atomic E-state index is 10.9. The van der Waals surface area contributed by atoms with Crippen molar-refractivity contribution in [3.05, 3.63) is 35.4 Å². The summed E-state index contributed by atoms with van der Waals surface area (Å²) in [7, 11) is 1.61. The summed E-state index contributed by atoms with van der Waals surface area (Å²) in [6.07, 6.45) is 0. The van der Waals surface area contributed by atoms with Gasteiger partial charge in [-0.2, -0.15) is 0 Å². The third-order valence-electron chi connectivity index (χ3n) is 2.07. The van der Waals surface area contributed by atoms with E-state index in [-0.39, 0.29) is 12.5 Å². The summed E-state index contributed by atoms with van der Waals surface area (Å²) in [5, 5.41) is 14.5. The molecule has 0 heterocycles. The Bertz CT molecular complexity index is 326. The van der Waals surface area contributed by atoms with Gasteiger partial charge in [0.05, 0.1) is 13.2 Å². The van der Waals surface area contributed by atoms with Crippen molar-refractivity contribution in [3.63, 3.8) is 0 Å². The monoisotopic (exact) mass is 208 g/mol. The van der Waals surface area contributed by atoms with Crippen LogP contribution in [0, 0.1) is 0 Å². The predicted octanol–water partition coefficient (Wildman–Crippen LogP) is 0.0145. The smallest absolute Gasteiger partial charge is 0.233 e. The SMILES string of the molecule is CNC(=O)CNCc1cccc(CO)c1. The first kappa shape index (κ1) is 11.7. The van der Waals surface area contributed by atoms with E-state index >= 15 is 0 Å². The van der Waals surface area contributed by atoms with Crippen molar-refractivity contribution in [2.75, 3.05) is 13.6 Å². The normalized spacial score (nSPS) is 10.0. The molecule has 1 rings (SSSR count). The molecule has 1 aromatic rings. The van der Waals surface area contributed by atoms with Crippen molar-refractivity contribution < 1.29 is 9.90 Å². The lowest BCUT2D eigenvalue weighted by molar-refractivity contribution is -0.119. The minimum atomic E-state index is -0.0340. The molecule has 15 heavy (non-hydrogen) atoms. The van der Waals surface area contributed by atoms with E-state index in [1.165, 1.54) is 0 Å². The molecule has 1 aromatic carbocycles. The second-order valence-electron chi connectivity index (χ2n) is 3.25. The van der Waals surface area contributed by atoms with Gasteiger partial charge in [0.2, 0.25) is 5.91 Å². The first-order valence-electron chi connectivity index (χ1n) is 4.86. The number of aliphatic hydroxyl groups is 1. The van der Waals surface area contributed by atoms with Crippen LogP contribution in [-0.4, -0.2) is 24.6 Å². The lowest BCUT2D eigenvalue weighted by Gasteiger charge is -2.05. The number of likely N-dealkylation sites (N-methyl/N-ethyl adjacent to an activating group) is 1. The van der Waals surface area contributed by atoms with Gasteiger partial charge in [-0.1, -0.05) is 24.3 Å². The number of carbonyl (C=O) groups is 1. The average Bonchev–Trinajstić information content (AvgIpc) is 2.29. The highest BCUT2D eigenvalue weighted by molar-refractivity contribution is 5.77. The summed E-state index contributed by atoms with van der Waals surface area (Å²) >= 11 is 0. The van der Waals surface area contributed by atoms with Crippen LogP contribution in [0.1, 0.15) is 11.1 Å². The molecule has 82 valence electrons. The van der Waals surface area contributed by atoms with Gasteiger partial charge in [-0.3, -0.25) is 4.79 Å². The first-order valence-corrected chi connectivity index (χ1v) is 4.86. The molecule has 0 fully saturated rings. The van der Waals surface area contributed by atoms with E-state index < -0.39 is 0 Å². The third kappa shape index (κ3) is 4.10. The van der Waals surface area contributed by atoms with E-state index in [4.69, 9.17) is 5.11 Å². The van der Waals surface area contributed by atoms with E-state index in [2.05, 4.69) is 10.6 Å². The Hall–Kier alpha value is -1.39.